The lowest BCUT2D eigenvalue weighted by Crippen LogP contribution is -2.61. The Hall–Kier alpha value is -11.3. The van der Waals surface area contributed by atoms with E-state index in [9.17, 15) is 48.6 Å². The number of hydrogen-bond acceptors (Lipinski definition) is 33. The zero-order chi connectivity index (χ0) is 99.4. The molecule has 6 aliphatic rings. The van der Waals surface area contributed by atoms with Crippen LogP contribution < -0.4 is 26.6 Å². The number of fused-ring (bicyclic) bond motifs is 6. The van der Waals surface area contributed by atoms with Crippen LogP contribution in [-0.2, 0) is 107 Å². The molecule has 2 aromatic carbocycles. The predicted octanol–water partition coefficient (Wildman–Crippen LogP) is 10.2. The molecule has 15 atom stereocenters. The zero-order valence-corrected chi connectivity index (χ0v) is 82.4. The van der Waals surface area contributed by atoms with Gasteiger partial charge in [0.25, 0.3) is 23.6 Å². The van der Waals surface area contributed by atoms with Gasteiger partial charge in [0.05, 0.1) is 88.5 Å². The number of anilines is 4. The van der Waals surface area contributed by atoms with Gasteiger partial charge in [-0.2, -0.15) is 10.1 Å². The van der Waals surface area contributed by atoms with Crippen LogP contribution in [0.15, 0.2) is 120 Å². The summed E-state index contributed by atoms with van der Waals surface area (Å²) in [6.07, 6.45) is 20.8. The standard InChI is InChI=1S/C68H98N8O15.C34H42N8O6/c1-41-17-13-12-14-18-42(2)55(86-9)35-51-23-20-47(7)68(85,91-51)62(81)64(83)76-26-16-15-19-52(76)65(84)90-56(36-53(77)43(3)32-46(6)60(80)61(88-11)59(79)45(5)31-41)44(4)33-48-21-24-54(57(34-48)87-10)89-58(78)25-22-49-37-70-66(71-38-49)74-27-29-75(30-28-74)67-72-39-50(40-73-67)63(82)69-8;1-2-10-44-12-14-46-16-17-47-15-13-45-11-8-29(43)41-9-7-24-18-23(3-4-26(24)21-41)20-42-33-30(32(35)37-22-38-33)31(40-42)25-5-6-28-27(19-25)39-34(36)48-28/h12-14,17-18,32,37-41,43-45,47-48,51-52,54-57,60-61,80,85H,15-16,19-31,33-36H2,1-11H3,(H,69,82);3-6,18-19,22H,2,7-17,20-21H2,1H3,(H2,36,39)(H2,35,37,38)/b14-12+,17-13+,42-18+,46-32+;/t41-,43-,44-,45-,47-,48+,51+,52+,54-,55+,56+,57-,60-,61+,68-;/m1./s1. The average molecular weight is 1930 g/mol. The molecular formula is C102H140N16O21. The number of esters is 2. The van der Waals surface area contributed by atoms with Crippen molar-refractivity contribution in [3.05, 3.63) is 143 Å². The number of nitrogens with zero attached hydrogens (tertiary/aromatic N) is 13. The molecule has 2 bridgehead atoms. The van der Waals surface area contributed by atoms with Crippen LogP contribution in [0.1, 0.15) is 184 Å². The van der Waals surface area contributed by atoms with Crippen LogP contribution in [0.25, 0.3) is 33.4 Å². The van der Waals surface area contributed by atoms with Crippen molar-refractivity contribution < 1.29 is 100 Å². The van der Waals surface area contributed by atoms with Crippen molar-refractivity contribution in [3.8, 4) is 11.3 Å². The maximum Gasteiger partial charge on any atom is 0.329 e. The molecule has 0 unspecified atom stereocenters. The van der Waals surface area contributed by atoms with E-state index in [4.69, 9.17) is 68.4 Å². The van der Waals surface area contributed by atoms with Gasteiger partial charge in [0, 0.05) is 148 Å². The smallest absolute Gasteiger partial charge is 0.329 e. The number of piperidine rings is 1. The van der Waals surface area contributed by atoms with Crippen LogP contribution >= 0.6 is 0 Å². The van der Waals surface area contributed by atoms with Crippen LogP contribution in [0.3, 0.4) is 0 Å². The average Bonchev–Trinajstić information content (AvgIpc) is 1.65. The van der Waals surface area contributed by atoms with Gasteiger partial charge >= 0.3 is 11.9 Å². The van der Waals surface area contributed by atoms with Gasteiger partial charge in [0.2, 0.25) is 23.6 Å². The lowest BCUT2D eigenvalue weighted by molar-refractivity contribution is -0.265. The van der Waals surface area contributed by atoms with E-state index >= 15 is 0 Å². The molecule has 1 aliphatic carbocycles. The Morgan fingerprint density at radius 2 is 1.40 bits per heavy atom. The summed E-state index contributed by atoms with van der Waals surface area (Å²) < 4.78 is 65.4. The van der Waals surface area contributed by atoms with Crippen LogP contribution in [0, 0.1) is 35.5 Å². The van der Waals surface area contributed by atoms with Gasteiger partial charge < -0.3 is 98.4 Å². The highest BCUT2D eigenvalue weighted by Crippen LogP contribution is 2.40. The van der Waals surface area contributed by atoms with Gasteiger partial charge in [-0.3, -0.25) is 33.6 Å². The molecule has 37 nitrogen and oxygen atoms in total. The molecule has 5 aliphatic heterocycles. The van der Waals surface area contributed by atoms with Gasteiger partial charge in [0.1, 0.15) is 59.6 Å². The fraction of sp³-hybridized carbons (Fsp3) is 0.588. The van der Waals surface area contributed by atoms with E-state index < -0.39 is 95.9 Å². The molecule has 0 radical (unpaired) electrons. The molecule has 10 heterocycles. The number of cyclic esters (lactones) is 1. The van der Waals surface area contributed by atoms with E-state index in [0.717, 1.165) is 47.3 Å². The topological polar surface area (TPSA) is 468 Å². The van der Waals surface area contributed by atoms with Crippen LogP contribution in [-0.4, -0.2) is 287 Å². The van der Waals surface area contributed by atoms with E-state index in [1.54, 1.807) is 67.4 Å². The lowest BCUT2D eigenvalue weighted by atomic mass is 9.78. The SMILES string of the molecule is CCCOCCOCCOCCOCCC(=O)N1CCc2cc(Cn3nc(-c4ccc5oc(N)nc5c4)c4c(N)ncnc43)ccc2C1.CNC(=O)c1cnc(N2CCN(c3ncc(CCC(=O)O[C@@H]4CC[C@@H](C[C@@H](C)[C@@H]5CC(=O)[C@H](C)/C=C(\C)[C@@H](O)[C@@H](OC)C(=O)[C@H](C)C[C@H](C)/C=C/C=C/C=C(\C)[C@@H](OC)C[C@@H]6CC[C@@H](C)[C@@](O)(O6)C(=O)C(=O)N6CCCC[C@H]6C(=O)O5)C[C@H]4OC)cn3)CC2)nc1. The molecule has 0 spiro atoms. The highest BCUT2D eigenvalue weighted by Gasteiger charge is 2.53. The van der Waals surface area contributed by atoms with Gasteiger partial charge in [0.15, 0.2) is 17.0 Å². The number of allylic oxidation sites excluding steroid dienone is 6. The second kappa shape index (κ2) is 51.8. The molecule has 13 rings (SSSR count). The summed E-state index contributed by atoms with van der Waals surface area (Å²) in [6, 6.07) is 10.8. The van der Waals surface area contributed by atoms with Crippen molar-refractivity contribution in [3.63, 3.8) is 0 Å². The molecule has 37 heteroatoms. The molecule has 5 aromatic heterocycles. The van der Waals surface area contributed by atoms with E-state index in [2.05, 4.69) is 70.2 Å². The van der Waals surface area contributed by atoms with Crippen LogP contribution in [0.4, 0.5) is 23.7 Å². The molecule has 7 N–H and O–H groups in total. The molecule has 4 fully saturated rings. The number of carbonyl (C=O) groups excluding carboxylic acids is 8. The molecule has 1 saturated carbocycles. The third-order valence-corrected chi connectivity index (χ3v) is 27.1. The number of ketones is 3. The molecule has 754 valence electrons. The van der Waals surface area contributed by atoms with Crippen molar-refractivity contribution in [2.24, 2.45) is 35.5 Å². The molecule has 139 heavy (non-hydrogen) atoms. The number of nitrogens with one attached hydrogen (secondary N) is 1. The number of amides is 3. The minimum atomic E-state index is -2.47. The number of aliphatic hydroxyl groups excluding tert-OH is 1. The van der Waals surface area contributed by atoms with Crippen molar-refractivity contribution in [2.45, 2.75) is 232 Å². The third-order valence-electron chi connectivity index (χ3n) is 27.1. The quantitative estimate of drug-likeness (QED) is 0.0121. The monoisotopic (exact) mass is 1930 g/mol. The first-order chi connectivity index (χ1) is 67.0. The number of rotatable bonds is 30. The highest BCUT2D eigenvalue weighted by molar-refractivity contribution is 6.39. The van der Waals surface area contributed by atoms with E-state index in [1.807, 2.05) is 83.8 Å². The molecule has 3 saturated heterocycles. The van der Waals surface area contributed by atoms with Gasteiger partial charge in [-0.15, -0.1) is 0 Å². The van der Waals surface area contributed by atoms with Gasteiger partial charge in [-0.25, -0.2) is 39.4 Å². The maximum atomic E-state index is 14.7. The number of aryl methyl sites for hydroxylation is 1. The minimum absolute atomic E-state index is 0.00454. The van der Waals surface area contributed by atoms with Crippen molar-refractivity contribution >= 4 is 92.9 Å². The Morgan fingerprint density at radius 3 is 2.09 bits per heavy atom. The minimum Gasteiger partial charge on any atom is -0.460 e. The summed E-state index contributed by atoms with van der Waals surface area (Å²) in [6.45, 7) is 23.2. The number of Topliss-reactive ketones (excluding diaryl/α,β-unsaturated/α-hetero) is 3. The summed E-state index contributed by atoms with van der Waals surface area (Å²) in [5, 5.41) is 31.9. The lowest BCUT2D eigenvalue weighted by Gasteiger charge is -2.42. The summed E-state index contributed by atoms with van der Waals surface area (Å²) in [4.78, 5) is 148. The van der Waals surface area contributed by atoms with Crippen LogP contribution in [0.5, 0.6) is 0 Å². The van der Waals surface area contributed by atoms with Crippen molar-refractivity contribution in [1.82, 2.24) is 59.8 Å². The van der Waals surface area contributed by atoms with Gasteiger partial charge in [-0.1, -0.05) is 96.2 Å². The number of oxazole rings is 1. The molecule has 3 amide bonds. The second-order valence-corrected chi connectivity index (χ2v) is 37.3. The molecule has 7 aromatic rings. The first kappa shape index (κ1) is 107. The number of nitrogens with two attached hydrogens (primary N) is 2. The summed E-state index contributed by atoms with van der Waals surface area (Å²) in [5.74, 6) is -7.63. The fourth-order valence-electron chi connectivity index (χ4n) is 19.0. The Balaban J connectivity index is 0.000000300. The summed E-state index contributed by atoms with van der Waals surface area (Å²) in [5.41, 5.74) is 21.2. The van der Waals surface area contributed by atoms with Crippen molar-refractivity contribution in [1.29, 1.82) is 0 Å². The number of nitrogen functional groups attached to an aromatic ring is 2. The van der Waals surface area contributed by atoms with E-state index in [0.29, 0.717) is 226 Å². The Kier molecular flexibility index (Phi) is 39.7. The zero-order valence-electron chi connectivity index (χ0n) is 82.4. The van der Waals surface area contributed by atoms with Crippen molar-refractivity contribution in [2.75, 3.05) is 142 Å². The van der Waals surface area contributed by atoms with Crippen LogP contribution in [0.2, 0.25) is 0 Å². The van der Waals surface area contributed by atoms with E-state index in [1.165, 1.54) is 36.3 Å². The third kappa shape index (κ3) is 28.8. The Labute approximate surface area is 812 Å². The number of methoxy groups -OCH3 is 3. The second-order valence-electron chi connectivity index (χ2n) is 37.3. The number of piperazine rings is 1. The number of aliphatic hydroxyl groups is 2. The normalized spacial score (nSPS) is 26.2. The first-order valence-corrected chi connectivity index (χ1v) is 48.8. The number of aromatic nitrogens is 9. The first-order valence-electron chi connectivity index (χ1n) is 48.8. The number of carbonyl (C=O) groups is 8. The van der Waals surface area contributed by atoms with Gasteiger partial charge in [-0.05, 0) is 167 Å². The number of ether oxygens (including phenoxy) is 10. The largest absolute Gasteiger partial charge is 0.460 e. The Morgan fingerprint density at radius 1 is 0.705 bits per heavy atom. The number of hydrogen-bond donors (Lipinski definition) is 5. The summed E-state index contributed by atoms with van der Waals surface area (Å²) >= 11 is 0. The number of benzene rings is 2. The highest BCUT2D eigenvalue weighted by atomic mass is 16.6. The predicted molar refractivity (Wildman–Crippen MR) is 519 cm³/mol. The maximum absolute atomic E-state index is 14.7. The molecular weight excluding hydrogens is 1790 g/mol. The Bertz CT molecular complexity index is 5410. The fourth-order valence-corrected chi connectivity index (χ4v) is 19.0. The van der Waals surface area contributed by atoms with E-state index in [-0.39, 0.29) is 73.0 Å². The summed E-state index contributed by atoms with van der Waals surface area (Å²) in [7, 11) is 6.07.